The van der Waals surface area contributed by atoms with E-state index in [1.54, 1.807) is 0 Å². The summed E-state index contributed by atoms with van der Waals surface area (Å²) in [7, 11) is 0. The Bertz CT molecular complexity index is 287. The Morgan fingerprint density at radius 1 is 1.36 bits per heavy atom. The van der Waals surface area contributed by atoms with Gasteiger partial charge in [0.25, 0.3) is 0 Å². The standard InChI is InChI=1S/C10H12O3S/c11-6-9(12)10(13)14-7-8-4-2-1-3-5-8/h1-5,9,11-12H,6-7H2/t9-/m1/s1. The minimum atomic E-state index is -1.26. The molecule has 1 aromatic carbocycles. The highest BCUT2D eigenvalue weighted by Gasteiger charge is 2.13. The summed E-state index contributed by atoms with van der Waals surface area (Å²) in [5, 5.41) is 17.1. The van der Waals surface area contributed by atoms with E-state index in [0.29, 0.717) is 5.75 Å². The van der Waals surface area contributed by atoms with Crippen molar-refractivity contribution < 1.29 is 15.0 Å². The van der Waals surface area contributed by atoms with Crippen LogP contribution in [0.25, 0.3) is 0 Å². The van der Waals surface area contributed by atoms with Gasteiger partial charge < -0.3 is 10.2 Å². The van der Waals surface area contributed by atoms with Crippen LogP contribution in [0.2, 0.25) is 0 Å². The normalized spacial score (nSPS) is 12.4. The van der Waals surface area contributed by atoms with Crippen molar-refractivity contribution in [3.05, 3.63) is 35.9 Å². The van der Waals surface area contributed by atoms with Crippen molar-refractivity contribution >= 4 is 16.9 Å². The van der Waals surface area contributed by atoms with Gasteiger partial charge >= 0.3 is 0 Å². The SMILES string of the molecule is O=C(SCc1ccccc1)[C@H](O)CO. The molecule has 0 amide bonds. The van der Waals surface area contributed by atoms with Gasteiger partial charge in [0, 0.05) is 5.75 Å². The summed E-state index contributed by atoms with van der Waals surface area (Å²) in [4.78, 5) is 11.1. The Balaban J connectivity index is 2.38. The topological polar surface area (TPSA) is 57.5 Å². The Morgan fingerprint density at radius 3 is 2.57 bits per heavy atom. The van der Waals surface area contributed by atoms with E-state index in [1.807, 2.05) is 30.3 Å². The van der Waals surface area contributed by atoms with Gasteiger partial charge in [-0.1, -0.05) is 42.1 Å². The molecule has 0 unspecified atom stereocenters. The first kappa shape index (κ1) is 11.2. The van der Waals surface area contributed by atoms with Crippen molar-refractivity contribution in [3.63, 3.8) is 0 Å². The zero-order valence-corrected chi connectivity index (χ0v) is 8.41. The summed E-state index contributed by atoms with van der Waals surface area (Å²) in [5.41, 5.74) is 1.02. The van der Waals surface area contributed by atoms with Gasteiger partial charge in [-0.2, -0.15) is 0 Å². The van der Waals surface area contributed by atoms with Crippen molar-refractivity contribution in [1.29, 1.82) is 0 Å². The van der Waals surface area contributed by atoms with Gasteiger partial charge in [-0.05, 0) is 5.56 Å². The van der Waals surface area contributed by atoms with E-state index in [2.05, 4.69) is 0 Å². The van der Waals surface area contributed by atoms with E-state index < -0.39 is 17.8 Å². The van der Waals surface area contributed by atoms with E-state index in [-0.39, 0.29) is 0 Å². The second kappa shape index (κ2) is 5.80. The zero-order valence-electron chi connectivity index (χ0n) is 7.59. The number of rotatable bonds is 4. The smallest absolute Gasteiger partial charge is 0.220 e. The molecule has 3 nitrogen and oxygen atoms in total. The first-order valence-electron chi connectivity index (χ1n) is 4.23. The third-order valence-corrected chi connectivity index (χ3v) is 2.70. The molecule has 1 aromatic rings. The number of aliphatic hydroxyl groups excluding tert-OH is 2. The predicted octanol–water partition coefficient (Wildman–Crippen LogP) is 0.800. The minimum absolute atomic E-state index is 0.392. The van der Waals surface area contributed by atoms with Crippen LogP contribution in [-0.4, -0.2) is 28.0 Å². The van der Waals surface area contributed by atoms with Crippen molar-refractivity contribution in [3.8, 4) is 0 Å². The van der Waals surface area contributed by atoms with E-state index >= 15 is 0 Å². The van der Waals surface area contributed by atoms with Crippen LogP contribution in [0.4, 0.5) is 0 Å². The lowest BCUT2D eigenvalue weighted by atomic mass is 10.2. The van der Waals surface area contributed by atoms with E-state index in [4.69, 9.17) is 10.2 Å². The molecule has 0 spiro atoms. The van der Waals surface area contributed by atoms with E-state index in [9.17, 15) is 4.79 Å². The lowest BCUT2D eigenvalue weighted by molar-refractivity contribution is -0.119. The van der Waals surface area contributed by atoms with Crippen LogP contribution in [0.5, 0.6) is 0 Å². The van der Waals surface area contributed by atoms with Crippen LogP contribution in [0.1, 0.15) is 5.56 Å². The van der Waals surface area contributed by atoms with Gasteiger partial charge in [0.15, 0.2) is 0 Å². The second-order valence-electron chi connectivity index (χ2n) is 2.79. The van der Waals surface area contributed by atoms with E-state index in [0.717, 1.165) is 17.3 Å². The molecule has 0 aromatic heterocycles. The number of hydrogen-bond acceptors (Lipinski definition) is 4. The highest BCUT2D eigenvalue weighted by Crippen LogP contribution is 2.14. The fourth-order valence-electron chi connectivity index (χ4n) is 0.899. The molecule has 2 N–H and O–H groups in total. The zero-order chi connectivity index (χ0) is 10.4. The van der Waals surface area contributed by atoms with Gasteiger partial charge in [-0.3, -0.25) is 4.79 Å². The number of thioether (sulfide) groups is 1. The highest BCUT2D eigenvalue weighted by atomic mass is 32.2. The van der Waals surface area contributed by atoms with Crippen molar-refractivity contribution in [1.82, 2.24) is 0 Å². The molecule has 0 heterocycles. The quantitative estimate of drug-likeness (QED) is 0.775. The van der Waals surface area contributed by atoms with Crippen LogP contribution >= 0.6 is 11.8 Å². The van der Waals surface area contributed by atoms with Crippen molar-refractivity contribution in [2.75, 3.05) is 6.61 Å². The third kappa shape index (κ3) is 3.49. The Morgan fingerprint density at radius 2 is 2.00 bits per heavy atom. The van der Waals surface area contributed by atoms with Gasteiger partial charge in [-0.25, -0.2) is 0 Å². The second-order valence-corrected chi connectivity index (χ2v) is 3.77. The summed E-state index contributed by atoms with van der Waals surface area (Å²) in [6.45, 7) is -0.513. The molecule has 0 bridgehead atoms. The first-order chi connectivity index (χ1) is 6.74. The molecule has 0 aliphatic heterocycles. The predicted molar refractivity (Wildman–Crippen MR) is 55.8 cm³/mol. The largest absolute Gasteiger partial charge is 0.393 e. The summed E-state index contributed by atoms with van der Waals surface area (Å²) < 4.78 is 0. The first-order valence-corrected chi connectivity index (χ1v) is 5.22. The fourth-order valence-corrected chi connectivity index (χ4v) is 1.67. The monoisotopic (exact) mass is 212 g/mol. The molecule has 1 rings (SSSR count). The van der Waals surface area contributed by atoms with Gasteiger partial charge in [0.1, 0.15) is 6.10 Å². The maximum absolute atomic E-state index is 11.1. The molecule has 1 atom stereocenters. The molecule has 0 radical (unpaired) electrons. The number of carbonyl (C=O) groups is 1. The number of benzene rings is 1. The number of aliphatic hydroxyl groups is 2. The summed E-state index contributed by atoms with van der Waals surface area (Å²) in [6.07, 6.45) is -1.26. The summed E-state index contributed by atoms with van der Waals surface area (Å²) in [5.74, 6) is 0.525. The Hall–Kier alpha value is -0.840. The Labute approximate surface area is 86.8 Å². The highest BCUT2D eigenvalue weighted by molar-refractivity contribution is 8.13. The molecule has 4 heteroatoms. The van der Waals surface area contributed by atoms with Gasteiger partial charge in [0.2, 0.25) is 5.12 Å². The number of hydrogen-bond donors (Lipinski definition) is 2. The van der Waals surface area contributed by atoms with Crippen LogP contribution in [-0.2, 0) is 10.5 Å². The van der Waals surface area contributed by atoms with Crippen LogP contribution in [0.15, 0.2) is 30.3 Å². The van der Waals surface area contributed by atoms with Crippen LogP contribution < -0.4 is 0 Å². The van der Waals surface area contributed by atoms with E-state index in [1.165, 1.54) is 0 Å². The van der Waals surface area contributed by atoms with Gasteiger partial charge in [0.05, 0.1) is 6.61 Å². The maximum Gasteiger partial charge on any atom is 0.220 e. The lowest BCUT2D eigenvalue weighted by Crippen LogP contribution is -2.21. The molecule has 0 aliphatic rings. The third-order valence-electron chi connectivity index (χ3n) is 1.67. The summed E-state index contributed by atoms with van der Waals surface area (Å²) >= 11 is 1.01. The van der Waals surface area contributed by atoms with Gasteiger partial charge in [-0.15, -0.1) is 0 Å². The van der Waals surface area contributed by atoms with Crippen molar-refractivity contribution in [2.24, 2.45) is 0 Å². The Kier molecular flexibility index (Phi) is 4.65. The lowest BCUT2D eigenvalue weighted by Gasteiger charge is -2.04. The van der Waals surface area contributed by atoms with Crippen LogP contribution in [0, 0.1) is 0 Å². The fraction of sp³-hybridized carbons (Fsp3) is 0.300. The van der Waals surface area contributed by atoms with Crippen molar-refractivity contribution in [2.45, 2.75) is 11.9 Å². The van der Waals surface area contributed by atoms with Crippen LogP contribution in [0.3, 0.4) is 0 Å². The minimum Gasteiger partial charge on any atom is -0.393 e. The molecule has 0 saturated heterocycles. The number of carbonyl (C=O) groups excluding carboxylic acids is 1. The molecular weight excluding hydrogens is 200 g/mol. The summed E-state index contributed by atoms with van der Waals surface area (Å²) in [6, 6.07) is 9.50. The molecule has 76 valence electrons. The average molecular weight is 212 g/mol. The maximum atomic E-state index is 11.1. The molecule has 14 heavy (non-hydrogen) atoms. The average Bonchev–Trinajstić information content (AvgIpc) is 2.26. The molecular formula is C10H12O3S. The molecule has 0 aliphatic carbocycles. The molecule has 0 saturated carbocycles. The molecule has 0 fully saturated rings.